The number of benzene rings is 3. The Balaban J connectivity index is 1.32. The first-order valence-corrected chi connectivity index (χ1v) is 12.2. The molecule has 0 radical (unpaired) electrons. The van der Waals surface area contributed by atoms with Crippen LogP contribution in [0, 0.1) is 5.92 Å². The molecule has 1 atom stereocenters. The number of amides is 2. The minimum atomic E-state index is -0.274. The Bertz CT molecular complexity index is 1200. The van der Waals surface area contributed by atoms with Crippen molar-refractivity contribution in [2.45, 2.75) is 12.8 Å². The van der Waals surface area contributed by atoms with E-state index in [1.807, 2.05) is 59.5 Å². The zero-order valence-corrected chi connectivity index (χ0v) is 19.8. The molecule has 1 N–H and O–H groups in total. The standard InChI is InChI=1S/C27H28ClN3O3/c28-21-10-11-25(30-13-15-34-16-14-30)24(17-21)29-26(32)20-7-4-12-31(18-20)27(33)23-9-3-6-19-5-1-2-8-22(19)23/h1-3,5-6,8-11,17,20H,4,7,12-16,18H2,(H,29,32). The average molecular weight is 478 g/mol. The molecule has 1 unspecified atom stereocenters. The van der Waals surface area contributed by atoms with Crippen molar-refractivity contribution >= 4 is 45.6 Å². The van der Waals surface area contributed by atoms with E-state index in [1.54, 1.807) is 6.07 Å². The highest BCUT2D eigenvalue weighted by Gasteiger charge is 2.30. The van der Waals surface area contributed by atoms with Gasteiger partial charge in [0.15, 0.2) is 0 Å². The van der Waals surface area contributed by atoms with Gasteiger partial charge < -0.3 is 19.9 Å². The van der Waals surface area contributed by atoms with Gasteiger partial charge in [-0.25, -0.2) is 0 Å². The summed E-state index contributed by atoms with van der Waals surface area (Å²) in [4.78, 5) is 30.7. The molecule has 0 bridgehead atoms. The summed E-state index contributed by atoms with van der Waals surface area (Å²) in [6, 6.07) is 19.3. The van der Waals surface area contributed by atoms with Crippen LogP contribution in [0.3, 0.4) is 0 Å². The Labute approximate surface area is 204 Å². The molecule has 7 heteroatoms. The van der Waals surface area contributed by atoms with Crippen LogP contribution < -0.4 is 10.2 Å². The Morgan fingerprint density at radius 2 is 1.76 bits per heavy atom. The number of likely N-dealkylation sites (tertiary alicyclic amines) is 1. The quantitative estimate of drug-likeness (QED) is 0.585. The van der Waals surface area contributed by atoms with E-state index in [4.69, 9.17) is 16.3 Å². The minimum Gasteiger partial charge on any atom is -0.378 e. The molecule has 2 heterocycles. The second-order valence-corrected chi connectivity index (χ2v) is 9.30. The van der Waals surface area contributed by atoms with Gasteiger partial charge in [0, 0.05) is 36.8 Å². The zero-order chi connectivity index (χ0) is 23.5. The maximum atomic E-state index is 13.4. The molecule has 2 aliphatic heterocycles. The van der Waals surface area contributed by atoms with Crippen molar-refractivity contribution in [3.05, 3.63) is 71.2 Å². The molecule has 2 aliphatic rings. The van der Waals surface area contributed by atoms with Crippen molar-refractivity contribution in [2.24, 2.45) is 5.92 Å². The van der Waals surface area contributed by atoms with Crippen molar-refractivity contribution in [2.75, 3.05) is 49.6 Å². The molecule has 34 heavy (non-hydrogen) atoms. The number of halogens is 1. The second-order valence-electron chi connectivity index (χ2n) is 8.87. The Kier molecular flexibility index (Phi) is 6.70. The average Bonchev–Trinajstić information content (AvgIpc) is 2.88. The van der Waals surface area contributed by atoms with Gasteiger partial charge in [0.05, 0.1) is 30.5 Å². The number of ether oxygens (including phenoxy) is 1. The summed E-state index contributed by atoms with van der Waals surface area (Å²) in [7, 11) is 0. The molecule has 3 aromatic carbocycles. The van der Waals surface area contributed by atoms with E-state index < -0.39 is 0 Å². The molecular weight excluding hydrogens is 450 g/mol. The highest BCUT2D eigenvalue weighted by Crippen LogP contribution is 2.31. The van der Waals surface area contributed by atoms with E-state index in [0.717, 1.165) is 42.4 Å². The van der Waals surface area contributed by atoms with Crippen molar-refractivity contribution in [3.8, 4) is 0 Å². The summed E-state index contributed by atoms with van der Waals surface area (Å²) in [6.45, 7) is 3.90. The molecule has 5 rings (SSSR count). The van der Waals surface area contributed by atoms with Crippen LogP contribution >= 0.6 is 11.6 Å². The van der Waals surface area contributed by atoms with Crippen LogP contribution in [0.2, 0.25) is 5.02 Å². The number of anilines is 2. The third-order valence-electron chi connectivity index (χ3n) is 6.67. The topological polar surface area (TPSA) is 61.9 Å². The molecule has 2 amide bonds. The molecule has 6 nitrogen and oxygen atoms in total. The first kappa shape index (κ1) is 22.7. The van der Waals surface area contributed by atoms with Crippen LogP contribution in [0.4, 0.5) is 11.4 Å². The summed E-state index contributed by atoms with van der Waals surface area (Å²) in [5, 5.41) is 5.65. The second kappa shape index (κ2) is 10.0. The zero-order valence-electron chi connectivity index (χ0n) is 19.0. The number of morpholine rings is 1. The first-order chi connectivity index (χ1) is 16.6. The summed E-state index contributed by atoms with van der Waals surface area (Å²) < 4.78 is 5.47. The molecule has 0 saturated carbocycles. The maximum absolute atomic E-state index is 13.4. The number of hydrogen-bond acceptors (Lipinski definition) is 4. The van der Waals surface area contributed by atoms with Gasteiger partial charge in [0.2, 0.25) is 5.91 Å². The molecule has 3 aromatic rings. The molecule has 176 valence electrons. The van der Waals surface area contributed by atoms with E-state index in [-0.39, 0.29) is 17.7 Å². The van der Waals surface area contributed by atoms with Gasteiger partial charge in [0.25, 0.3) is 5.91 Å². The summed E-state index contributed by atoms with van der Waals surface area (Å²) >= 11 is 6.26. The van der Waals surface area contributed by atoms with Crippen LogP contribution in [0.5, 0.6) is 0 Å². The van der Waals surface area contributed by atoms with Crippen LogP contribution in [-0.2, 0) is 9.53 Å². The first-order valence-electron chi connectivity index (χ1n) is 11.8. The fourth-order valence-electron chi connectivity index (χ4n) is 4.88. The Morgan fingerprint density at radius 1 is 0.971 bits per heavy atom. The maximum Gasteiger partial charge on any atom is 0.254 e. The molecule has 0 aromatic heterocycles. The molecule has 2 saturated heterocycles. The number of nitrogens with zero attached hydrogens (tertiary/aromatic N) is 2. The highest BCUT2D eigenvalue weighted by atomic mass is 35.5. The van der Waals surface area contributed by atoms with E-state index in [1.165, 1.54) is 0 Å². The number of fused-ring (bicyclic) bond motifs is 1. The van der Waals surface area contributed by atoms with Crippen molar-refractivity contribution in [1.82, 2.24) is 4.90 Å². The molecule has 0 aliphatic carbocycles. The number of rotatable bonds is 4. The Hall–Kier alpha value is -3.09. The lowest BCUT2D eigenvalue weighted by Gasteiger charge is -2.33. The van der Waals surface area contributed by atoms with E-state index in [9.17, 15) is 9.59 Å². The Morgan fingerprint density at radius 3 is 2.62 bits per heavy atom. The monoisotopic (exact) mass is 477 g/mol. The van der Waals surface area contributed by atoms with Gasteiger partial charge >= 0.3 is 0 Å². The molecule has 2 fully saturated rings. The van der Waals surface area contributed by atoms with Gasteiger partial charge in [-0.3, -0.25) is 9.59 Å². The predicted molar refractivity (Wildman–Crippen MR) is 136 cm³/mol. The number of carbonyl (C=O) groups is 2. The minimum absolute atomic E-state index is 0.0222. The number of nitrogens with one attached hydrogen (secondary N) is 1. The summed E-state index contributed by atoms with van der Waals surface area (Å²) in [6.07, 6.45) is 1.54. The van der Waals surface area contributed by atoms with Crippen LogP contribution in [0.25, 0.3) is 10.8 Å². The smallest absolute Gasteiger partial charge is 0.254 e. The fraction of sp³-hybridized carbons (Fsp3) is 0.333. The van der Waals surface area contributed by atoms with Gasteiger partial charge in [-0.05, 0) is 47.9 Å². The van der Waals surface area contributed by atoms with E-state index >= 15 is 0 Å². The van der Waals surface area contributed by atoms with Crippen molar-refractivity contribution in [1.29, 1.82) is 0 Å². The van der Waals surface area contributed by atoms with E-state index in [0.29, 0.717) is 42.6 Å². The van der Waals surface area contributed by atoms with Crippen molar-refractivity contribution in [3.63, 3.8) is 0 Å². The largest absolute Gasteiger partial charge is 0.378 e. The normalized spacial score (nSPS) is 18.7. The van der Waals surface area contributed by atoms with E-state index in [2.05, 4.69) is 10.2 Å². The number of hydrogen-bond donors (Lipinski definition) is 1. The summed E-state index contributed by atoms with van der Waals surface area (Å²) in [5.74, 6) is -0.373. The predicted octanol–water partition coefficient (Wildman–Crippen LogP) is 4.82. The lowest BCUT2D eigenvalue weighted by atomic mass is 9.95. The SMILES string of the molecule is O=C(Nc1cc(Cl)ccc1N1CCOCC1)C1CCCN(C(=O)c2cccc3ccccc23)C1. The van der Waals surface area contributed by atoms with Crippen molar-refractivity contribution < 1.29 is 14.3 Å². The lowest BCUT2D eigenvalue weighted by molar-refractivity contribution is -0.121. The van der Waals surface area contributed by atoms with Gasteiger partial charge in [-0.15, -0.1) is 0 Å². The molecular formula is C27H28ClN3O3. The lowest BCUT2D eigenvalue weighted by Crippen LogP contribution is -2.44. The third kappa shape index (κ3) is 4.74. The summed E-state index contributed by atoms with van der Waals surface area (Å²) in [5.41, 5.74) is 2.33. The third-order valence-corrected chi connectivity index (χ3v) is 6.90. The van der Waals surface area contributed by atoms with Gasteiger partial charge in [-0.1, -0.05) is 48.0 Å². The highest BCUT2D eigenvalue weighted by molar-refractivity contribution is 6.31. The van der Waals surface area contributed by atoms with Gasteiger partial charge in [0.1, 0.15) is 0 Å². The van der Waals surface area contributed by atoms with Gasteiger partial charge in [-0.2, -0.15) is 0 Å². The van der Waals surface area contributed by atoms with Crippen LogP contribution in [0.15, 0.2) is 60.7 Å². The van der Waals surface area contributed by atoms with Crippen LogP contribution in [0.1, 0.15) is 23.2 Å². The number of piperidine rings is 1. The molecule has 0 spiro atoms. The fourth-order valence-corrected chi connectivity index (χ4v) is 5.05. The van der Waals surface area contributed by atoms with Crippen LogP contribution in [-0.4, -0.2) is 56.1 Å². The number of carbonyl (C=O) groups excluding carboxylic acids is 2.